The van der Waals surface area contributed by atoms with Crippen LogP contribution in [0.1, 0.15) is 44.3 Å². The van der Waals surface area contributed by atoms with Crippen molar-refractivity contribution < 1.29 is 9.84 Å². The van der Waals surface area contributed by atoms with Gasteiger partial charge in [0.05, 0.1) is 28.3 Å². The molecule has 1 N–H and O–H groups in total. The Labute approximate surface area is 229 Å². The van der Waals surface area contributed by atoms with E-state index in [4.69, 9.17) is 24.7 Å². The summed E-state index contributed by atoms with van der Waals surface area (Å²) in [6.45, 7) is 7.94. The lowest BCUT2D eigenvalue weighted by atomic mass is 9.92. The Morgan fingerprint density at radius 1 is 1.05 bits per heavy atom. The minimum atomic E-state index is -1.09. The molecule has 2 aliphatic heterocycles. The van der Waals surface area contributed by atoms with Gasteiger partial charge >= 0.3 is 0 Å². The number of alkyl halides is 1. The van der Waals surface area contributed by atoms with Crippen molar-refractivity contribution in [3.8, 4) is 5.95 Å². The molecule has 0 spiro atoms. The molecule has 0 amide bonds. The Balaban J connectivity index is 1.62. The third kappa shape index (κ3) is 4.01. The van der Waals surface area contributed by atoms with Gasteiger partial charge in [-0.3, -0.25) is 9.47 Å². The number of fused-ring (bicyclic) bond motifs is 2. The zero-order valence-corrected chi connectivity index (χ0v) is 23.9. The maximum Gasteiger partial charge on any atom is 0.239 e. The molecule has 196 valence electrons. The van der Waals surface area contributed by atoms with Gasteiger partial charge in [0.1, 0.15) is 17.2 Å². The molecule has 0 saturated carbocycles. The SMILES string of the molecule is CC(C)c1nc2ccccc2n1-c1nc(N2CCOCC2)c2nc(C3(O)CCCN(C)C3I)n(C)c2n1. The van der Waals surface area contributed by atoms with E-state index in [9.17, 15) is 5.11 Å². The van der Waals surface area contributed by atoms with E-state index in [2.05, 4.69) is 63.9 Å². The van der Waals surface area contributed by atoms with Crippen LogP contribution in [0.4, 0.5) is 5.82 Å². The summed E-state index contributed by atoms with van der Waals surface area (Å²) in [5.74, 6) is 3.07. The maximum atomic E-state index is 11.9. The average Bonchev–Trinajstić information content (AvgIpc) is 3.46. The summed E-state index contributed by atoms with van der Waals surface area (Å²) in [5.41, 5.74) is 2.22. The third-order valence-corrected chi connectivity index (χ3v) is 9.52. The van der Waals surface area contributed by atoms with Gasteiger partial charge in [0.15, 0.2) is 17.0 Å². The van der Waals surface area contributed by atoms with Crippen molar-refractivity contribution in [2.75, 3.05) is 44.8 Å². The smallest absolute Gasteiger partial charge is 0.239 e. The predicted octanol–water partition coefficient (Wildman–Crippen LogP) is 3.34. The summed E-state index contributed by atoms with van der Waals surface area (Å²) in [7, 11) is 4.01. The second-order valence-electron chi connectivity index (χ2n) is 10.4. The van der Waals surface area contributed by atoms with E-state index in [1.807, 2.05) is 29.8 Å². The first kappa shape index (κ1) is 25.0. The molecule has 11 heteroatoms. The topological polar surface area (TPSA) is 97.4 Å². The van der Waals surface area contributed by atoms with Crippen molar-refractivity contribution in [2.24, 2.45) is 7.05 Å². The summed E-state index contributed by atoms with van der Waals surface area (Å²) in [5, 5.41) is 11.9. The van der Waals surface area contributed by atoms with Crippen molar-refractivity contribution in [3.05, 3.63) is 35.9 Å². The zero-order chi connectivity index (χ0) is 25.9. The number of aryl methyl sites for hydroxylation is 1. The van der Waals surface area contributed by atoms with E-state index >= 15 is 0 Å². The van der Waals surface area contributed by atoms with Gasteiger partial charge in [0, 0.05) is 26.1 Å². The number of likely N-dealkylation sites (tertiary alicyclic amines) is 1. The number of para-hydroxylation sites is 2. The average molecular weight is 617 g/mol. The number of likely N-dealkylation sites (N-methyl/N-ethyl adjacent to an activating group) is 1. The Kier molecular flexibility index (Phi) is 6.37. The fourth-order valence-corrected chi connectivity index (χ4v) is 6.44. The molecule has 0 aliphatic carbocycles. The number of nitrogens with zero attached hydrogens (tertiary/aromatic N) is 8. The van der Waals surface area contributed by atoms with Gasteiger partial charge in [-0.2, -0.15) is 9.97 Å². The molecule has 37 heavy (non-hydrogen) atoms. The van der Waals surface area contributed by atoms with Gasteiger partial charge in [-0.25, -0.2) is 9.97 Å². The molecule has 3 aromatic heterocycles. The number of benzene rings is 1. The van der Waals surface area contributed by atoms with Crippen LogP contribution in [-0.4, -0.2) is 83.0 Å². The van der Waals surface area contributed by atoms with E-state index in [-0.39, 0.29) is 9.97 Å². The van der Waals surface area contributed by atoms with Crippen LogP contribution in [0.25, 0.3) is 28.1 Å². The first-order valence-electron chi connectivity index (χ1n) is 12.9. The molecule has 2 saturated heterocycles. The fourth-order valence-electron chi connectivity index (χ4n) is 5.57. The predicted molar refractivity (Wildman–Crippen MR) is 152 cm³/mol. The number of hydrogen-bond acceptors (Lipinski definition) is 8. The van der Waals surface area contributed by atoms with Crippen LogP contribution in [0, 0.1) is 0 Å². The molecule has 0 bridgehead atoms. The van der Waals surface area contributed by atoms with Crippen LogP contribution in [-0.2, 0) is 17.4 Å². The number of ether oxygens (including phenoxy) is 1. The van der Waals surface area contributed by atoms with Crippen LogP contribution >= 0.6 is 22.6 Å². The Morgan fingerprint density at radius 2 is 1.81 bits per heavy atom. The lowest BCUT2D eigenvalue weighted by molar-refractivity contribution is -0.0449. The number of halogens is 1. The summed E-state index contributed by atoms with van der Waals surface area (Å²) in [6.07, 6.45) is 1.56. The van der Waals surface area contributed by atoms with E-state index in [0.717, 1.165) is 48.7 Å². The van der Waals surface area contributed by atoms with Crippen molar-refractivity contribution >= 4 is 50.6 Å². The molecule has 1 aromatic carbocycles. The maximum absolute atomic E-state index is 11.9. The summed E-state index contributed by atoms with van der Waals surface area (Å²) in [6, 6.07) is 8.11. The van der Waals surface area contributed by atoms with Crippen LogP contribution < -0.4 is 4.90 Å². The summed E-state index contributed by atoms with van der Waals surface area (Å²) >= 11 is 2.34. The highest BCUT2D eigenvalue weighted by molar-refractivity contribution is 14.1. The number of hydrogen-bond donors (Lipinski definition) is 1. The molecular formula is C26H33IN8O2. The van der Waals surface area contributed by atoms with Crippen LogP contribution in [0.3, 0.4) is 0 Å². The highest BCUT2D eigenvalue weighted by Crippen LogP contribution is 2.41. The molecule has 2 unspecified atom stereocenters. The molecule has 2 fully saturated rings. The normalized spacial score (nSPS) is 23.5. The number of morpholine rings is 1. The first-order chi connectivity index (χ1) is 17.8. The van der Waals surface area contributed by atoms with E-state index in [0.29, 0.717) is 42.6 Å². The fraction of sp³-hybridized carbons (Fsp3) is 0.538. The quantitative estimate of drug-likeness (QED) is 0.212. The largest absolute Gasteiger partial charge is 0.379 e. The number of piperidine rings is 1. The first-order valence-corrected chi connectivity index (χ1v) is 14.2. The number of aliphatic hydroxyl groups is 1. The molecule has 4 aromatic rings. The molecular weight excluding hydrogens is 583 g/mol. The Morgan fingerprint density at radius 3 is 2.57 bits per heavy atom. The van der Waals surface area contributed by atoms with Crippen molar-refractivity contribution in [2.45, 2.75) is 42.3 Å². The Bertz CT molecular complexity index is 1460. The monoisotopic (exact) mass is 616 g/mol. The molecule has 10 nitrogen and oxygen atoms in total. The van der Waals surface area contributed by atoms with E-state index in [1.54, 1.807) is 0 Å². The van der Waals surface area contributed by atoms with Crippen molar-refractivity contribution in [1.82, 2.24) is 34.0 Å². The summed E-state index contributed by atoms with van der Waals surface area (Å²) in [4.78, 5) is 24.6. The van der Waals surface area contributed by atoms with Gasteiger partial charge in [-0.15, -0.1) is 0 Å². The van der Waals surface area contributed by atoms with Crippen molar-refractivity contribution in [1.29, 1.82) is 0 Å². The van der Waals surface area contributed by atoms with Gasteiger partial charge in [-0.05, 0) is 38.6 Å². The lowest BCUT2D eigenvalue weighted by Crippen LogP contribution is -2.51. The molecule has 2 atom stereocenters. The number of aromatic nitrogens is 6. The van der Waals surface area contributed by atoms with Crippen LogP contribution in [0.5, 0.6) is 0 Å². The van der Waals surface area contributed by atoms with E-state index < -0.39 is 5.60 Å². The molecule has 6 rings (SSSR count). The summed E-state index contributed by atoms with van der Waals surface area (Å²) < 4.78 is 9.57. The zero-order valence-electron chi connectivity index (χ0n) is 21.7. The van der Waals surface area contributed by atoms with Gasteiger partial charge in [-0.1, -0.05) is 48.6 Å². The number of imidazole rings is 2. The highest BCUT2D eigenvalue weighted by atomic mass is 127. The van der Waals surface area contributed by atoms with Gasteiger partial charge in [0.25, 0.3) is 0 Å². The second kappa shape index (κ2) is 9.44. The van der Waals surface area contributed by atoms with Gasteiger partial charge in [0.2, 0.25) is 5.95 Å². The molecule has 5 heterocycles. The second-order valence-corrected chi connectivity index (χ2v) is 11.6. The minimum absolute atomic E-state index is 0.0984. The van der Waals surface area contributed by atoms with Crippen LogP contribution in [0.15, 0.2) is 24.3 Å². The standard InChI is InChI=1S/C26H33IN8O2/c1-16(2)20-28-17-8-5-6-9-18(17)35(20)25-30-21-19(22(31-25)34-12-14-37-15-13-34)29-24(33(21)4)26(36)10-7-11-32(3)23(26)27/h5-6,8-9,16,23,36H,7,10-15H2,1-4H3. The van der Waals surface area contributed by atoms with E-state index in [1.165, 1.54) is 0 Å². The highest BCUT2D eigenvalue weighted by Gasteiger charge is 2.46. The Hall–Kier alpha value is -2.35. The molecule has 2 aliphatic rings. The number of rotatable bonds is 4. The third-order valence-electron chi connectivity index (χ3n) is 7.54. The lowest BCUT2D eigenvalue weighted by Gasteiger charge is -2.41. The van der Waals surface area contributed by atoms with Crippen molar-refractivity contribution in [3.63, 3.8) is 0 Å². The van der Waals surface area contributed by atoms with Crippen LogP contribution in [0.2, 0.25) is 0 Å². The number of anilines is 1. The molecule has 0 radical (unpaired) electrons. The van der Waals surface area contributed by atoms with Gasteiger partial charge < -0.3 is 19.3 Å². The minimum Gasteiger partial charge on any atom is -0.379 e.